The van der Waals surface area contributed by atoms with Gasteiger partial charge in [-0.25, -0.2) is 14.1 Å². The monoisotopic (exact) mass is 570 g/mol. The number of nitrogens with two attached hydrogens (primary N) is 1. The van der Waals surface area contributed by atoms with E-state index < -0.39 is 43.5 Å². The van der Waals surface area contributed by atoms with E-state index in [1.54, 1.807) is 56.3 Å². The van der Waals surface area contributed by atoms with Gasteiger partial charge in [-0.3, -0.25) is 9.32 Å². The molecule has 2 aromatic heterocycles. The third-order valence-corrected chi connectivity index (χ3v) is 9.39. The molecule has 0 aliphatic carbocycles. The fourth-order valence-electron chi connectivity index (χ4n) is 5.28. The first-order valence-corrected chi connectivity index (χ1v) is 14.5. The number of nitrogens with zero attached hydrogens (tertiary/aromatic N) is 5. The maximum absolute atomic E-state index is 14.4. The first-order valence-electron chi connectivity index (χ1n) is 13.0. The van der Waals surface area contributed by atoms with Crippen molar-refractivity contribution in [3.05, 3.63) is 54.5 Å². The zero-order valence-corrected chi connectivity index (χ0v) is 23.0. The standard InChI is InChI=1S/C26H31N6O7P/c1-3-36-25(34)20-10-7-13-31(20)40(35,39-18-8-5-4-6-9-18)37-14-21-23(33)17(2)26(15-27,38-21)22-12-11-19-24(28)29-16-30-32(19)22/h4-6,8-9,11-12,16-17,20-21,23,33H,3,7,10,13-14H2,1-2H3,(H2,28,29,30)/t17-,20-,21+,23-,26+,40?/m0/s1. The lowest BCUT2D eigenvalue weighted by atomic mass is 9.85. The van der Waals surface area contributed by atoms with Crippen LogP contribution >= 0.6 is 7.75 Å². The van der Waals surface area contributed by atoms with Gasteiger partial charge in [-0.2, -0.15) is 15.0 Å². The number of benzene rings is 1. The third-order valence-electron chi connectivity index (χ3n) is 7.36. The van der Waals surface area contributed by atoms with Crippen LogP contribution in [0, 0.1) is 17.2 Å². The molecule has 13 nitrogen and oxygen atoms in total. The molecule has 2 aliphatic heterocycles. The Morgan fingerprint density at radius 2 is 2.10 bits per heavy atom. The largest absolute Gasteiger partial charge is 0.465 e. The summed E-state index contributed by atoms with van der Waals surface area (Å²) in [4.78, 5) is 16.7. The highest BCUT2D eigenvalue weighted by Gasteiger charge is 2.57. The molecule has 2 saturated heterocycles. The van der Waals surface area contributed by atoms with Gasteiger partial charge in [0.2, 0.25) is 5.60 Å². The Bertz CT molecular complexity index is 1460. The summed E-state index contributed by atoms with van der Waals surface area (Å²) in [5.74, 6) is -0.740. The first-order chi connectivity index (χ1) is 19.2. The molecule has 6 atom stereocenters. The van der Waals surface area contributed by atoms with Crippen LogP contribution < -0.4 is 10.3 Å². The topological polar surface area (TPSA) is 175 Å². The summed E-state index contributed by atoms with van der Waals surface area (Å²) in [6, 6.07) is 13.2. The van der Waals surface area contributed by atoms with Crippen molar-refractivity contribution in [2.24, 2.45) is 5.92 Å². The number of rotatable bonds is 9. The predicted octanol–water partition coefficient (Wildman–Crippen LogP) is 2.66. The van der Waals surface area contributed by atoms with Crippen molar-refractivity contribution in [1.82, 2.24) is 19.3 Å². The van der Waals surface area contributed by atoms with Crippen LogP contribution in [0.4, 0.5) is 5.82 Å². The molecule has 0 spiro atoms. The van der Waals surface area contributed by atoms with Gasteiger partial charge in [0.25, 0.3) is 0 Å². The van der Waals surface area contributed by atoms with E-state index in [9.17, 15) is 19.7 Å². The SMILES string of the molecule is CCOC(=O)[C@@H]1CCCN1P(=O)(OC[C@H]1O[C@@](C#N)(c2ccc3c(N)ncnn23)[C@@H](C)[C@@H]1O)Oc1ccccc1. The van der Waals surface area contributed by atoms with Gasteiger partial charge in [0, 0.05) is 12.5 Å². The molecule has 1 aromatic carbocycles. The third kappa shape index (κ3) is 4.82. The van der Waals surface area contributed by atoms with E-state index in [4.69, 9.17) is 24.3 Å². The highest BCUT2D eigenvalue weighted by Crippen LogP contribution is 2.56. The Labute approximate surface area is 231 Å². The fraction of sp³-hybridized carbons (Fsp3) is 0.462. The number of para-hydroxylation sites is 1. The van der Waals surface area contributed by atoms with Crippen LogP contribution in [0.3, 0.4) is 0 Å². The van der Waals surface area contributed by atoms with Crippen molar-refractivity contribution in [3.8, 4) is 11.8 Å². The minimum absolute atomic E-state index is 0.176. The van der Waals surface area contributed by atoms with E-state index in [2.05, 4.69) is 16.2 Å². The number of ether oxygens (including phenoxy) is 2. The highest BCUT2D eigenvalue weighted by atomic mass is 31.2. The van der Waals surface area contributed by atoms with Crippen molar-refractivity contribution in [2.75, 3.05) is 25.5 Å². The quantitative estimate of drug-likeness (QED) is 0.285. The number of hydrogen-bond donors (Lipinski definition) is 2. The number of anilines is 1. The average molecular weight is 571 g/mol. The van der Waals surface area contributed by atoms with Gasteiger partial charge < -0.3 is 24.8 Å². The molecule has 40 heavy (non-hydrogen) atoms. The van der Waals surface area contributed by atoms with Crippen LogP contribution in [0.1, 0.15) is 32.4 Å². The van der Waals surface area contributed by atoms with Crippen LogP contribution in [-0.2, 0) is 29.0 Å². The molecule has 0 amide bonds. The summed E-state index contributed by atoms with van der Waals surface area (Å²) in [6.45, 7) is 3.44. The molecule has 2 fully saturated rings. The number of hydrogen-bond acceptors (Lipinski definition) is 11. The highest BCUT2D eigenvalue weighted by molar-refractivity contribution is 7.51. The molecule has 0 bridgehead atoms. The Morgan fingerprint density at radius 3 is 2.83 bits per heavy atom. The average Bonchev–Trinajstić information content (AvgIpc) is 3.68. The van der Waals surface area contributed by atoms with Crippen molar-refractivity contribution in [2.45, 2.75) is 50.5 Å². The van der Waals surface area contributed by atoms with Crippen LogP contribution in [0.25, 0.3) is 5.52 Å². The summed E-state index contributed by atoms with van der Waals surface area (Å²) in [5, 5.41) is 25.7. The van der Waals surface area contributed by atoms with Crippen molar-refractivity contribution in [3.63, 3.8) is 0 Å². The van der Waals surface area contributed by atoms with E-state index in [-0.39, 0.29) is 31.3 Å². The van der Waals surface area contributed by atoms with Gasteiger partial charge in [-0.1, -0.05) is 25.1 Å². The van der Waals surface area contributed by atoms with Gasteiger partial charge in [0.15, 0.2) is 5.82 Å². The maximum Gasteiger partial charge on any atom is 0.462 e. The molecule has 1 unspecified atom stereocenters. The van der Waals surface area contributed by atoms with Gasteiger partial charge in [0.05, 0.1) is 25.0 Å². The first kappa shape index (κ1) is 28.0. The normalized spacial score (nSPS) is 28.2. The number of esters is 1. The van der Waals surface area contributed by atoms with Gasteiger partial charge >= 0.3 is 13.7 Å². The molecule has 2 aliphatic rings. The Balaban J connectivity index is 1.43. The maximum atomic E-state index is 14.4. The van der Waals surface area contributed by atoms with E-state index in [1.165, 1.54) is 15.5 Å². The van der Waals surface area contributed by atoms with Crippen LogP contribution in [0.5, 0.6) is 5.75 Å². The molecule has 14 heteroatoms. The Hall–Kier alpha value is -3.53. The van der Waals surface area contributed by atoms with Crippen molar-refractivity contribution < 1.29 is 33.0 Å². The van der Waals surface area contributed by atoms with E-state index >= 15 is 0 Å². The Morgan fingerprint density at radius 1 is 1.32 bits per heavy atom. The molecular weight excluding hydrogens is 539 g/mol. The smallest absolute Gasteiger partial charge is 0.462 e. The van der Waals surface area contributed by atoms with Gasteiger partial charge in [0.1, 0.15) is 35.8 Å². The second-order valence-corrected chi connectivity index (χ2v) is 11.6. The molecule has 212 valence electrons. The predicted molar refractivity (Wildman–Crippen MR) is 142 cm³/mol. The number of aliphatic hydroxyl groups is 1. The van der Waals surface area contributed by atoms with E-state index in [0.29, 0.717) is 24.1 Å². The number of aliphatic hydroxyl groups excluding tert-OH is 1. The summed E-state index contributed by atoms with van der Waals surface area (Å²) >= 11 is 0. The molecule has 3 aromatic rings. The lowest BCUT2D eigenvalue weighted by Crippen LogP contribution is -2.38. The lowest BCUT2D eigenvalue weighted by Gasteiger charge is -2.31. The van der Waals surface area contributed by atoms with Crippen LogP contribution in [0.15, 0.2) is 48.8 Å². The van der Waals surface area contributed by atoms with Crippen molar-refractivity contribution in [1.29, 1.82) is 5.26 Å². The lowest BCUT2D eigenvalue weighted by molar-refractivity contribution is -0.147. The zero-order valence-electron chi connectivity index (χ0n) is 22.1. The van der Waals surface area contributed by atoms with Crippen LogP contribution in [0.2, 0.25) is 0 Å². The second kappa shape index (κ2) is 11.2. The summed E-state index contributed by atoms with van der Waals surface area (Å²) in [7, 11) is -4.16. The number of fused-ring (bicyclic) bond motifs is 1. The molecule has 0 saturated carbocycles. The number of nitriles is 1. The number of carbonyl (C=O) groups is 1. The zero-order chi connectivity index (χ0) is 28.5. The number of nitrogen functional groups attached to an aromatic ring is 1. The van der Waals surface area contributed by atoms with Crippen molar-refractivity contribution >= 4 is 25.1 Å². The van der Waals surface area contributed by atoms with Gasteiger partial charge in [-0.15, -0.1) is 0 Å². The molecular formula is C26H31N6O7P. The minimum atomic E-state index is -4.16. The summed E-state index contributed by atoms with van der Waals surface area (Å²) in [5.41, 5.74) is 5.19. The summed E-state index contributed by atoms with van der Waals surface area (Å²) < 4.78 is 40.4. The summed E-state index contributed by atoms with van der Waals surface area (Å²) in [6.07, 6.45) is 0.0390. The minimum Gasteiger partial charge on any atom is -0.465 e. The fourth-order valence-corrected chi connectivity index (χ4v) is 7.25. The molecule has 5 rings (SSSR count). The number of aromatic nitrogens is 3. The number of carbonyl (C=O) groups excluding carboxylic acids is 1. The van der Waals surface area contributed by atoms with Gasteiger partial charge in [-0.05, 0) is 44.0 Å². The molecule has 3 N–H and O–H groups in total. The molecule has 0 radical (unpaired) electrons. The van der Waals surface area contributed by atoms with E-state index in [0.717, 1.165) is 0 Å². The van der Waals surface area contributed by atoms with Crippen LogP contribution in [-0.4, -0.2) is 68.4 Å². The van der Waals surface area contributed by atoms with E-state index in [1.807, 2.05) is 0 Å². The second-order valence-electron chi connectivity index (χ2n) is 9.69. The molecule has 4 heterocycles. The Kier molecular flexibility index (Phi) is 7.81.